The van der Waals surface area contributed by atoms with E-state index in [1.807, 2.05) is 0 Å². The quantitative estimate of drug-likeness (QED) is 0.813. The van der Waals surface area contributed by atoms with E-state index in [0.29, 0.717) is 22.8 Å². The molecular formula is C11H14ClNO4. The van der Waals surface area contributed by atoms with Gasteiger partial charge in [0.25, 0.3) is 0 Å². The molecule has 0 aliphatic heterocycles. The zero-order chi connectivity index (χ0) is 13.0. The van der Waals surface area contributed by atoms with Crippen LogP contribution in [0.1, 0.15) is 10.9 Å². The Morgan fingerprint density at radius 2 is 1.65 bits per heavy atom. The van der Waals surface area contributed by atoms with E-state index in [0.717, 1.165) is 0 Å². The molecule has 0 radical (unpaired) electrons. The summed E-state index contributed by atoms with van der Waals surface area (Å²) in [6, 6.07) is 3.17. The average Bonchev–Trinajstić information content (AvgIpc) is 2.35. The topological polar surface area (TPSA) is 70.8 Å². The number of hydrogen-bond acceptors (Lipinski definition) is 4. The average molecular weight is 260 g/mol. The second kappa shape index (κ2) is 5.63. The third kappa shape index (κ3) is 2.74. The van der Waals surface area contributed by atoms with Crippen molar-refractivity contribution >= 4 is 17.5 Å². The van der Waals surface area contributed by atoms with Crippen molar-refractivity contribution in [3.05, 3.63) is 17.7 Å². The van der Waals surface area contributed by atoms with Crippen molar-refractivity contribution in [1.82, 2.24) is 0 Å². The van der Waals surface area contributed by atoms with Gasteiger partial charge in [0, 0.05) is 0 Å². The molecule has 1 atom stereocenters. The fourth-order valence-corrected chi connectivity index (χ4v) is 1.54. The van der Waals surface area contributed by atoms with Crippen LogP contribution in [0.2, 0.25) is 0 Å². The van der Waals surface area contributed by atoms with Crippen LogP contribution in [0, 0.1) is 0 Å². The van der Waals surface area contributed by atoms with E-state index in [1.54, 1.807) is 12.1 Å². The molecule has 0 bridgehead atoms. The number of benzene rings is 1. The monoisotopic (exact) mass is 259 g/mol. The number of rotatable bonds is 5. The molecule has 1 aromatic rings. The van der Waals surface area contributed by atoms with E-state index in [1.165, 1.54) is 21.3 Å². The molecule has 0 aliphatic carbocycles. The summed E-state index contributed by atoms with van der Waals surface area (Å²) in [5, 5.41) is -0.941. The minimum atomic E-state index is -0.941. The van der Waals surface area contributed by atoms with E-state index in [9.17, 15) is 4.79 Å². The molecule has 1 amide bonds. The number of methoxy groups -OCH3 is 3. The molecule has 94 valence electrons. The number of carbonyl (C=O) groups is 1. The van der Waals surface area contributed by atoms with Crippen molar-refractivity contribution in [2.24, 2.45) is 5.73 Å². The lowest BCUT2D eigenvalue weighted by molar-refractivity contribution is -0.117. The summed E-state index contributed by atoms with van der Waals surface area (Å²) in [4.78, 5) is 11.0. The highest BCUT2D eigenvalue weighted by Gasteiger charge is 2.20. The molecule has 0 aromatic heterocycles. The number of amides is 1. The molecule has 1 aromatic carbocycles. The standard InChI is InChI=1S/C11H14ClNO4/c1-15-7-4-6(9(12)11(13)14)5-8(16-2)10(7)17-3/h4-5,9H,1-3H3,(H2,13,14). The normalized spacial score (nSPS) is 11.8. The Balaban J connectivity index is 3.31. The maximum absolute atomic E-state index is 11.0. The van der Waals surface area contributed by atoms with E-state index >= 15 is 0 Å². The van der Waals surface area contributed by atoms with Crippen molar-refractivity contribution in [3.8, 4) is 17.2 Å². The second-order valence-electron chi connectivity index (χ2n) is 3.22. The molecule has 0 aliphatic rings. The second-order valence-corrected chi connectivity index (χ2v) is 3.66. The molecule has 2 N–H and O–H groups in total. The van der Waals surface area contributed by atoms with Crippen LogP contribution < -0.4 is 19.9 Å². The third-order valence-electron chi connectivity index (χ3n) is 2.23. The first-order valence-corrected chi connectivity index (χ1v) is 5.22. The van der Waals surface area contributed by atoms with Gasteiger partial charge in [0.15, 0.2) is 11.5 Å². The highest BCUT2D eigenvalue weighted by molar-refractivity contribution is 6.30. The largest absolute Gasteiger partial charge is 0.493 e. The predicted molar refractivity (Wildman–Crippen MR) is 63.9 cm³/mol. The van der Waals surface area contributed by atoms with Crippen molar-refractivity contribution < 1.29 is 19.0 Å². The Morgan fingerprint density at radius 3 is 1.94 bits per heavy atom. The van der Waals surface area contributed by atoms with Crippen LogP contribution in [0.4, 0.5) is 0 Å². The minimum Gasteiger partial charge on any atom is -0.493 e. The van der Waals surface area contributed by atoms with Gasteiger partial charge in [-0.1, -0.05) is 0 Å². The number of carbonyl (C=O) groups excluding carboxylic acids is 1. The van der Waals surface area contributed by atoms with Gasteiger partial charge in [-0.2, -0.15) is 0 Å². The van der Waals surface area contributed by atoms with Gasteiger partial charge in [0.2, 0.25) is 11.7 Å². The summed E-state index contributed by atoms with van der Waals surface area (Å²) in [6.45, 7) is 0. The lowest BCUT2D eigenvalue weighted by Gasteiger charge is -2.15. The van der Waals surface area contributed by atoms with Crippen LogP contribution >= 0.6 is 11.6 Å². The molecule has 0 saturated carbocycles. The van der Waals surface area contributed by atoms with Crippen molar-refractivity contribution in [3.63, 3.8) is 0 Å². The van der Waals surface area contributed by atoms with Crippen LogP contribution in [0.5, 0.6) is 17.2 Å². The zero-order valence-electron chi connectivity index (χ0n) is 9.82. The van der Waals surface area contributed by atoms with Crippen LogP contribution in [0.3, 0.4) is 0 Å². The van der Waals surface area contributed by atoms with Gasteiger partial charge in [-0.05, 0) is 17.7 Å². The highest BCUT2D eigenvalue weighted by Crippen LogP contribution is 2.40. The number of primary amides is 1. The van der Waals surface area contributed by atoms with Crippen LogP contribution in [0.25, 0.3) is 0 Å². The van der Waals surface area contributed by atoms with E-state index in [-0.39, 0.29) is 0 Å². The van der Waals surface area contributed by atoms with Gasteiger partial charge in [-0.15, -0.1) is 11.6 Å². The molecule has 0 spiro atoms. The first-order valence-electron chi connectivity index (χ1n) is 4.78. The fourth-order valence-electron chi connectivity index (χ4n) is 1.41. The third-order valence-corrected chi connectivity index (χ3v) is 2.70. The Hall–Kier alpha value is -1.62. The molecule has 6 heteroatoms. The number of alkyl halides is 1. The van der Waals surface area contributed by atoms with Gasteiger partial charge >= 0.3 is 0 Å². The van der Waals surface area contributed by atoms with Gasteiger partial charge in [0.1, 0.15) is 5.38 Å². The van der Waals surface area contributed by atoms with Crippen LogP contribution in [0.15, 0.2) is 12.1 Å². The van der Waals surface area contributed by atoms with Crippen molar-refractivity contribution in [1.29, 1.82) is 0 Å². The number of hydrogen-bond donors (Lipinski definition) is 1. The Bertz CT molecular complexity index is 397. The summed E-state index contributed by atoms with van der Waals surface area (Å²) < 4.78 is 15.4. The molecular weight excluding hydrogens is 246 g/mol. The molecule has 0 saturated heterocycles. The lowest BCUT2D eigenvalue weighted by atomic mass is 10.1. The maximum Gasteiger partial charge on any atom is 0.240 e. The van der Waals surface area contributed by atoms with Crippen LogP contribution in [-0.4, -0.2) is 27.2 Å². The first kappa shape index (κ1) is 13.4. The molecule has 1 unspecified atom stereocenters. The fraction of sp³-hybridized carbons (Fsp3) is 0.364. The van der Waals surface area contributed by atoms with Gasteiger partial charge in [-0.25, -0.2) is 0 Å². The van der Waals surface area contributed by atoms with E-state index in [4.69, 9.17) is 31.5 Å². The van der Waals surface area contributed by atoms with Crippen LogP contribution in [-0.2, 0) is 4.79 Å². The van der Waals surface area contributed by atoms with Crippen molar-refractivity contribution in [2.75, 3.05) is 21.3 Å². The summed E-state index contributed by atoms with van der Waals surface area (Å²) >= 11 is 5.87. The molecule has 0 fully saturated rings. The molecule has 5 nitrogen and oxygen atoms in total. The molecule has 17 heavy (non-hydrogen) atoms. The number of ether oxygens (including phenoxy) is 3. The lowest BCUT2D eigenvalue weighted by Crippen LogP contribution is -2.17. The smallest absolute Gasteiger partial charge is 0.240 e. The summed E-state index contributed by atoms with van der Waals surface area (Å²) in [6.07, 6.45) is 0. The molecule has 1 rings (SSSR count). The first-order chi connectivity index (χ1) is 8.04. The SMILES string of the molecule is COc1cc(C(Cl)C(N)=O)cc(OC)c1OC. The summed E-state index contributed by atoms with van der Waals surface area (Å²) in [5.41, 5.74) is 5.63. The van der Waals surface area contributed by atoms with Gasteiger partial charge < -0.3 is 19.9 Å². The maximum atomic E-state index is 11.0. The summed E-state index contributed by atoms with van der Waals surface area (Å²) in [7, 11) is 4.45. The van der Waals surface area contributed by atoms with Gasteiger partial charge in [-0.3, -0.25) is 4.79 Å². The zero-order valence-corrected chi connectivity index (χ0v) is 10.6. The Kier molecular flexibility index (Phi) is 4.45. The molecule has 0 heterocycles. The number of nitrogens with two attached hydrogens (primary N) is 1. The van der Waals surface area contributed by atoms with E-state index < -0.39 is 11.3 Å². The van der Waals surface area contributed by atoms with E-state index in [2.05, 4.69) is 0 Å². The minimum absolute atomic E-state index is 0.425. The van der Waals surface area contributed by atoms with Gasteiger partial charge in [0.05, 0.1) is 21.3 Å². The Morgan fingerprint density at radius 1 is 1.18 bits per heavy atom. The van der Waals surface area contributed by atoms with Crippen molar-refractivity contribution in [2.45, 2.75) is 5.38 Å². The predicted octanol–water partition coefficient (Wildman–Crippen LogP) is 1.48. The highest BCUT2D eigenvalue weighted by atomic mass is 35.5. The summed E-state index contributed by atoms with van der Waals surface area (Å²) in [5.74, 6) is 0.649. The Labute approximate surface area is 104 Å². The number of halogens is 1.